The number of fused-ring (bicyclic) bond motifs is 1. The average molecular weight is 231 g/mol. The van der Waals surface area contributed by atoms with Gasteiger partial charge in [0.05, 0.1) is 6.04 Å². The first kappa shape index (κ1) is 10.4. The highest BCUT2D eigenvalue weighted by Gasteiger charge is 2.22. The summed E-state index contributed by atoms with van der Waals surface area (Å²) in [6, 6.07) is 7.23. The smallest absolute Gasteiger partial charge is 0.0509 e. The summed E-state index contributed by atoms with van der Waals surface area (Å²) in [6.45, 7) is 4.85. The van der Waals surface area contributed by atoms with E-state index in [4.69, 9.17) is 0 Å². The van der Waals surface area contributed by atoms with Crippen LogP contribution in [0.1, 0.15) is 30.0 Å². The van der Waals surface area contributed by atoms with Gasteiger partial charge in [0.1, 0.15) is 0 Å². The van der Waals surface area contributed by atoms with Gasteiger partial charge in [-0.25, -0.2) is 0 Å². The van der Waals surface area contributed by atoms with Crippen molar-refractivity contribution in [2.75, 3.05) is 5.75 Å². The van der Waals surface area contributed by atoms with E-state index in [2.05, 4.69) is 30.1 Å². The molecule has 0 aromatic heterocycles. The van der Waals surface area contributed by atoms with Crippen LogP contribution < -0.4 is 5.32 Å². The molecule has 16 heavy (non-hydrogen) atoms. The molecule has 2 heteroatoms. The van der Waals surface area contributed by atoms with E-state index >= 15 is 0 Å². The van der Waals surface area contributed by atoms with Crippen LogP contribution >= 0.6 is 11.8 Å². The molecule has 1 N–H and O–H groups in total. The van der Waals surface area contributed by atoms with Crippen molar-refractivity contribution in [3.05, 3.63) is 42.0 Å². The molecule has 1 atom stereocenters. The third-order valence-corrected chi connectivity index (χ3v) is 4.61. The Bertz CT molecular complexity index is 409. The first-order valence-corrected chi connectivity index (χ1v) is 6.97. The van der Waals surface area contributed by atoms with E-state index in [-0.39, 0.29) is 0 Å². The molecule has 3 rings (SSSR count). The van der Waals surface area contributed by atoms with Crippen molar-refractivity contribution in [2.45, 2.75) is 30.3 Å². The molecule has 0 radical (unpaired) electrons. The molecular weight excluding hydrogens is 214 g/mol. The van der Waals surface area contributed by atoms with Crippen LogP contribution in [-0.2, 0) is 6.54 Å². The maximum atomic E-state index is 3.86. The van der Waals surface area contributed by atoms with E-state index < -0.39 is 0 Å². The van der Waals surface area contributed by atoms with Crippen LogP contribution in [0, 0.1) is 5.92 Å². The van der Waals surface area contributed by atoms with Crippen molar-refractivity contribution in [1.82, 2.24) is 5.32 Å². The molecule has 0 bridgehead atoms. The molecule has 0 amide bonds. The van der Waals surface area contributed by atoms with Gasteiger partial charge in [0, 0.05) is 17.2 Å². The standard InChI is InChI=1S/C14H17NS/c1-2-14-13-6-5-12(7-11(13)8-15-14)16-9-10-3-4-10/h2,5-7,10,14-15H,1,3-4,8-9H2. The highest BCUT2D eigenvalue weighted by Crippen LogP contribution is 2.36. The van der Waals surface area contributed by atoms with Crippen LogP contribution in [0.25, 0.3) is 0 Å². The molecule has 1 aromatic rings. The minimum atomic E-state index is 0.359. The second kappa shape index (κ2) is 4.27. The topological polar surface area (TPSA) is 12.0 Å². The zero-order chi connectivity index (χ0) is 11.0. The number of thioether (sulfide) groups is 1. The predicted octanol–water partition coefficient (Wildman–Crippen LogP) is 3.52. The maximum Gasteiger partial charge on any atom is 0.0509 e. The van der Waals surface area contributed by atoms with Gasteiger partial charge >= 0.3 is 0 Å². The molecular formula is C14H17NS. The lowest BCUT2D eigenvalue weighted by atomic mass is 10.1. The molecule has 1 aromatic carbocycles. The second-order valence-electron chi connectivity index (χ2n) is 4.71. The Kier molecular flexibility index (Phi) is 2.78. The van der Waals surface area contributed by atoms with Crippen molar-refractivity contribution in [2.24, 2.45) is 5.92 Å². The predicted molar refractivity (Wildman–Crippen MR) is 69.7 cm³/mol. The Hall–Kier alpha value is -0.730. The molecule has 1 saturated carbocycles. The zero-order valence-corrected chi connectivity index (χ0v) is 10.2. The van der Waals surface area contributed by atoms with E-state index in [9.17, 15) is 0 Å². The van der Waals surface area contributed by atoms with Gasteiger partial charge < -0.3 is 5.32 Å². The summed E-state index contributed by atoms with van der Waals surface area (Å²) in [7, 11) is 0. The fourth-order valence-electron chi connectivity index (χ4n) is 2.17. The van der Waals surface area contributed by atoms with Crippen molar-refractivity contribution in [3.63, 3.8) is 0 Å². The third kappa shape index (κ3) is 2.04. The van der Waals surface area contributed by atoms with Crippen LogP contribution in [0.3, 0.4) is 0 Å². The average Bonchev–Trinajstić information content (AvgIpc) is 3.05. The SMILES string of the molecule is C=CC1NCc2cc(SCC3CC3)ccc21. The summed E-state index contributed by atoms with van der Waals surface area (Å²) < 4.78 is 0. The summed E-state index contributed by atoms with van der Waals surface area (Å²) in [6.07, 6.45) is 4.87. The molecule has 1 fully saturated rings. The van der Waals surface area contributed by atoms with Gasteiger partial charge in [-0.05, 0) is 42.0 Å². The molecule has 1 unspecified atom stereocenters. The van der Waals surface area contributed by atoms with E-state index in [0.717, 1.165) is 12.5 Å². The number of rotatable bonds is 4. The molecule has 1 aliphatic heterocycles. The minimum Gasteiger partial charge on any atom is -0.303 e. The third-order valence-electron chi connectivity index (χ3n) is 3.38. The quantitative estimate of drug-likeness (QED) is 0.628. The Morgan fingerprint density at radius 3 is 3.06 bits per heavy atom. The molecule has 0 saturated heterocycles. The van der Waals surface area contributed by atoms with Crippen LogP contribution in [-0.4, -0.2) is 5.75 Å². The van der Waals surface area contributed by atoms with E-state index in [0.29, 0.717) is 6.04 Å². The van der Waals surface area contributed by atoms with Crippen LogP contribution in [0.15, 0.2) is 35.7 Å². The number of hydrogen-bond donors (Lipinski definition) is 1. The summed E-state index contributed by atoms with van der Waals surface area (Å²) in [4.78, 5) is 1.43. The fraction of sp³-hybridized carbons (Fsp3) is 0.429. The molecule has 1 heterocycles. The first-order valence-electron chi connectivity index (χ1n) is 5.98. The lowest BCUT2D eigenvalue weighted by molar-refractivity contribution is 0.687. The summed E-state index contributed by atoms with van der Waals surface area (Å²) in [5, 5.41) is 3.45. The van der Waals surface area contributed by atoms with Crippen molar-refractivity contribution in [1.29, 1.82) is 0 Å². The summed E-state index contributed by atoms with van der Waals surface area (Å²) in [5.41, 5.74) is 2.86. The highest BCUT2D eigenvalue weighted by atomic mass is 32.2. The normalized spacial score (nSPS) is 23.1. The minimum absolute atomic E-state index is 0.359. The molecule has 1 nitrogen and oxygen atoms in total. The van der Waals surface area contributed by atoms with Crippen LogP contribution in [0.5, 0.6) is 0 Å². The van der Waals surface area contributed by atoms with Gasteiger partial charge in [-0.1, -0.05) is 12.1 Å². The molecule has 0 spiro atoms. The van der Waals surface area contributed by atoms with E-state index in [1.165, 1.54) is 34.6 Å². The van der Waals surface area contributed by atoms with Crippen molar-refractivity contribution in [3.8, 4) is 0 Å². The Morgan fingerprint density at radius 1 is 1.44 bits per heavy atom. The number of nitrogens with one attached hydrogen (secondary N) is 1. The Labute approximate surface area is 101 Å². The zero-order valence-electron chi connectivity index (χ0n) is 9.41. The molecule has 1 aliphatic carbocycles. The fourth-order valence-corrected chi connectivity index (χ4v) is 3.32. The largest absolute Gasteiger partial charge is 0.303 e. The van der Waals surface area contributed by atoms with Crippen LogP contribution in [0.2, 0.25) is 0 Å². The lowest BCUT2D eigenvalue weighted by Crippen LogP contribution is -2.08. The summed E-state index contributed by atoms with van der Waals surface area (Å²) >= 11 is 2.01. The highest BCUT2D eigenvalue weighted by molar-refractivity contribution is 7.99. The van der Waals surface area contributed by atoms with Gasteiger partial charge in [0.2, 0.25) is 0 Å². The lowest BCUT2D eigenvalue weighted by Gasteiger charge is -2.06. The van der Waals surface area contributed by atoms with Gasteiger partial charge in [0.15, 0.2) is 0 Å². The maximum absolute atomic E-state index is 3.86. The van der Waals surface area contributed by atoms with Crippen LogP contribution in [0.4, 0.5) is 0 Å². The molecule has 84 valence electrons. The van der Waals surface area contributed by atoms with Gasteiger partial charge in [-0.3, -0.25) is 0 Å². The van der Waals surface area contributed by atoms with Crippen molar-refractivity contribution < 1.29 is 0 Å². The van der Waals surface area contributed by atoms with Gasteiger partial charge in [0.25, 0.3) is 0 Å². The van der Waals surface area contributed by atoms with E-state index in [1.54, 1.807) is 0 Å². The Morgan fingerprint density at radius 2 is 2.31 bits per heavy atom. The number of hydrogen-bond acceptors (Lipinski definition) is 2. The number of benzene rings is 1. The molecule has 2 aliphatic rings. The van der Waals surface area contributed by atoms with Gasteiger partial charge in [-0.15, -0.1) is 18.3 Å². The second-order valence-corrected chi connectivity index (χ2v) is 5.80. The van der Waals surface area contributed by atoms with Gasteiger partial charge in [-0.2, -0.15) is 0 Å². The van der Waals surface area contributed by atoms with Crippen molar-refractivity contribution >= 4 is 11.8 Å². The summed E-state index contributed by atoms with van der Waals surface area (Å²) in [5.74, 6) is 2.30. The van der Waals surface area contributed by atoms with E-state index in [1.807, 2.05) is 17.8 Å². The Balaban J connectivity index is 1.74. The monoisotopic (exact) mass is 231 g/mol. The first-order chi connectivity index (χ1) is 7.86.